The summed E-state index contributed by atoms with van der Waals surface area (Å²) in [4.78, 5) is 26.6. The lowest BCUT2D eigenvalue weighted by Crippen LogP contribution is -2.34. The third-order valence-electron chi connectivity index (χ3n) is 4.69. The van der Waals surface area contributed by atoms with Crippen LogP contribution in [0, 0.1) is 6.92 Å². The number of ketones is 1. The molecule has 0 spiro atoms. The zero-order chi connectivity index (χ0) is 23.0. The summed E-state index contributed by atoms with van der Waals surface area (Å²) in [7, 11) is 4.06. The summed E-state index contributed by atoms with van der Waals surface area (Å²) < 4.78 is 0. The number of unbranched alkanes of at least 4 members (excludes halogenated alkanes) is 1. The van der Waals surface area contributed by atoms with Crippen molar-refractivity contribution in [2.24, 2.45) is 0 Å². The van der Waals surface area contributed by atoms with Crippen LogP contribution in [-0.4, -0.2) is 42.3 Å². The number of hydrogen-bond acceptors (Lipinski definition) is 4. The molecule has 0 saturated heterocycles. The van der Waals surface area contributed by atoms with Crippen LogP contribution in [0.15, 0.2) is 36.4 Å². The van der Waals surface area contributed by atoms with Gasteiger partial charge in [0.1, 0.15) is 5.78 Å². The van der Waals surface area contributed by atoms with Crippen molar-refractivity contribution in [3.05, 3.63) is 63.1 Å². The van der Waals surface area contributed by atoms with Crippen LogP contribution in [0.25, 0.3) is 0 Å². The third kappa shape index (κ3) is 9.43. The Morgan fingerprint density at radius 3 is 2.19 bits per heavy atom. The molecule has 9 heteroatoms. The highest BCUT2D eigenvalue weighted by Crippen LogP contribution is 2.25. The van der Waals surface area contributed by atoms with Gasteiger partial charge in [-0.15, -0.1) is 12.4 Å². The van der Waals surface area contributed by atoms with Crippen molar-refractivity contribution in [2.75, 3.05) is 26.0 Å². The summed E-state index contributed by atoms with van der Waals surface area (Å²) in [6.07, 6.45) is 2.93. The molecule has 0 aliphatic heterocycles. The van der Waals surface area contributed by atoms with Crippen LogP contribution in [0.5, 0.6) is 0 Å². The van der Waals surface area contributed by atoms with Gasteiger partial charge in [-0.2, -0.15) is 0 Å². The van der Waals surface area contributed by atoms with E-state index in [2.05, 4.69) is 15.5 Å². The van der Waals surface area contributed by atoms with Crippen LogP contribution in [0.2, 0.25) is 10.0 Å². The molecule has 0 bridgehead atoms. The molecule has 5 nitrogen and oxygen atoms in total. The molecule has 0 atom stereocenters. The largest absolute Gasteiger partial charge is 0.332 e. The molecular formula is C23H28Cl3N3O2S. The molecule has 174 valence electrons. The summed E-state index contributed by atoms with van der Waals surface area (Å²) in [5.41, 5.74) is 2.70. The van der Waals surface area contributed by atoms with Crippen molar-refractivity contribution in [3.63, 3.8) is 0 Å². The average molecular weight is 517 g/mol. The van der Waals surface area contributed by atoms with Gasteiger partial charge in [-0.25, -0.2) is 0 Å². The van der Waals surface area contributed by atoms with Gasteiger partial charge < -0.3 is 10.2 Å². The maximum Gasteiger partial charge on any atom is 0.257 e. The standard InChI is InChI=1S/C23H27Cl2N3O2S.ClH/c1-15-20(24)13-17(14-21(15)25)22(30)27-23(31)26-18-9-7-16(8-10-18)12-19(29)6-4-5-11-28(2)3;/h7-10,13-14H,4-6,11-12H2,1-3H3,(H2,26,27,30,31);1H. The van der Waals surface area contributed by atoms with Gasteiger partial charge in [0, 0.05) is 34.1 Å². The fourth-order valence-corrected chi connectivity index (χ4v) is 3.58. The van der Waals surface area contributed by atoms with Crippen LogP contribution in [0.4, 0.5) is 5.69 Å². The van der Waals surface area contributed by atoms with Gasteiger partial charge in [0.25, 0.3) is 5.91 Å². The first-order valence-corrected chi connectivity index (χ1v) is 11.2. The maximum absolute atomic E-state index is 12.4. The first kappa shape index (κ1) is 28.3. The third-order valence-corrected chi connectivity index (χ3v) is 5.68. The monoisotopic (exact) mass is 515 g/mol. The van der Waals surface area contributed by atoms with Gasteiger partial charge in [-0.05, 0) is 88.0 Å². The van der Waals surface area contributed by atoms with E-state index in [0.717, 1.165) is 24.9 Å². The zero-order valence-electron chi connectivity index (χ0n) is 18.3. The minimum atomic E-state index is -0.405. The Kier molecular flexibility index (Phi) is 12.2. The van der Waals surface area contributed by atoms with Crippen LogP contribution < -0.4 is 10.6 Å². The number of nitrogens with zero attached hydrogens (tertiary/aromatic N) is 1. The van der Waals surface area contributed by atoms with E-state index >= 15 is 0 Å². The summed E-state index contributed by atoms with van der Waals surface area (Å²) >= 11 is 17.4. The predicted octanol–water partition coefficient (Wildman–Crippen LogP) is 5.69. The average Bonchev–Trinajstić information content (AvgIpc) is 2.70. The second kappa shape index (κ2) is 13.8. The maximum atomic E-state index is 12.4. The summed E-state index contributed by atoms with van der Waals surface area (Å²) in [6, 6.07) is 10.5. The highest BCUT2D eigenvalue weighted by atomic mass is 35.5. The minimum Gasteiger partial charge on any atom is -0.332 e. The summed E-state index contributed by atoms with van der Waals surface area (Å²) in [6.45, 7) is 2.77. The fraction of sp³-hybridized carbons (Fsp3) is 0.348. The molecule has 0 radical (unpaired) electrons. The van der Waals surface area contributed by atoms with Crippen LogP contribution in [0.1, 0.15) is 40.7 Å². The lowest BCUT2D eigenvalue weighted by molar-refractivity contribution is -0.118. The van der Waals surface area contributed by atoms with Crippen LogP contribution in [0.3, 0.4) is 0 Å². The van der Waals surface area contributed by atoms with E-state index in [-0.39, 0.29) is 23.3 Å². The number of thiocarbonyl (C=S) groups is 1. The molecule has 2 aromatic rings. The number of anilines is 1. The smallest absolute Gasteiger partial charge is 0.257 e. The number of Topliss-reactive ketones (excluding diaryl/α,β-unsaturated/α-hetero) is 1. The molecule has 0 saturated carbocycles. The number of amides is 1. The number of benzene rings is 2. The van der Waals surface area contributed by atoms with E-state index in [1.807, 2.05) is 38.4 Å². The SMILES string of the molecule is Cc1c(Cl)cc(C(=O)NC(=S)Nc2ccc(CC(=O)CCCCN(C)C)cc2)cc1Cl.Cl. The van der Waals surface area contributed by atoms with E-state index in [1.165, 1.54) is 0 Å². The molecule has 0 aliphatic carbocycles. The number of nitrogens with one attached hydrogen (secondary N) is 2. The second-order valence-electron chi connectivity index (χ2n) is 7.65. The van der Waals surface area contributed by atoms with E-state index in [1.54, 1.807) is 19.1 Å². The Bertz CT molecular complexity index is 927. The van der Waals surface area contributed by atoms with E-state index in [9.17, 15) is 9.59 Å². The highest BCUT2D eigenvalue weighted by molar-refractivity contribution is 7.80. The highest BCUT2D eigenvalue weighted by Gasteiger charge is 2.12. The predicted molar refractivity (Wildman–Crippen MR) is 140 cm³/mol. The zero-order valence-corrected chi connectivity index (χ0v) is 21.5. The quantitative estimate of drug-likeness (QED) is 0.331. The molecule has 0 aromatic heterocycles. The first-order chi connectivity index (χ1) is 14.7. The molecule has 2 N–H and O–H groups in total. The number of carbonyl (C=O) groups excluding carboxylic acids is 2. The number of rotatable bonds is 9. The molecule has 0 fully saturated rings. The Morgan fingerprint density at radius 2 is 1.62 bits per heavy atom. The van der Waals surface area contributed by atoms with E-state index < -0.39 is 5.91 Å². The molecule has 32 heavy (non-hydrogen) atoms. The fourth-order valence-electron chi connectivity index (χ4n) is 2.89. The Morgan fingerprint density at radius 1 is 1.03 bits per heavy atom. The summed E-state index contributed by atoms with van der Waals surface area (Å²) in [5, 5.41) is 6.56. The Hall–Kier alpha value is -1.70. The molecule has 2 rings (SSSR count). The van der Waals surface area contributed by atoms with Gasteiger partial charge >= 0.3 is 0 Å². The van der Waals surface area contributed by atoms with Crippen molar-refractivity contribution in [1.29, 1.82) is 0 Å². The molecule has 1 amide bonds. The van der Waals surface area contributed by atoms with E-state index in [0.29, 0.717) is 39.7 Å². The summed E-state index contributed by atoms with van der Waals surface area (Å²) in [5.74, 6) is -0.171. The molecular weight excluding hydrogens is 489 g/mol. The Balaban J connectivity index is 0.00000512. The van der Waals surface area contributed by atoms with Crippen LogP contribution >= 0.6 is 47.8 Å². The number of hydrogen-bond donors (Lipinski definition) is 2. The van der Waals surface area contributed by atoms with Gasteiger partial charge in [-0.3, -0.25) is 14.9 Å². The number of halogens is 3. The van der Waals surface area contributed by atoms with Crippen molar-refractivity contribution in [3.8, 4) is 0 Å². The van der Waals surface area contributed by atoms with Gasteiger partial charge in [0.05, 0.1) is 0 Å². The van der Waals surface area contributed by atoms with E-state index in [4.69, 9.17) is 35.4 Å². The molecule has 0 unspecified atom stereocenters. The molecule has 0 aliphatic rings. The lowest BCUT2D eigenvalue weighted by atomic mass is 10.0. The van der Waals surface area contributed by atoms with Gasteiger partial charge in [0.15, 0.2) is 5.11 Å². The van der Waals surface area contributed by atoms with Gasteiger partial charge in [0.2, 0.25) is 0 Å². The lowest BCUT2D eigenvalue weighted by Gasteiger charge is -2.11. The van der Waals surface area contributed by atoms with Gasteiger partial charge in [-0.1, -0.05) is 35.3 Å². The second-order valence-corrected chi connectivity index (χ2v) is 8.87. The first-order valence-electron chi connectivity index (χ1n) is 9.99. The Labute approximate surface area is 211 Å². The van der Waals surface area contributed by atoms with Crippen LogP contribution in [-0.2, 0) is 11.2 Å². The van der Waals surface area contributed by atoms with Crippen molar-refractivity contribution in [1.82, 2.24) is 10.2 Å². The molecule has 2 aromatic carbocycles. The number of carbonyl (C=O) groups is 2. The van der Waals surface area contributed by atoms with Crippen molar-refractivity contribution >= 4 is 70.3 Å². The van der Waals surface area contributed by atoms with Crippen molar-refractivity contribution < 1.29 is 9.59 Å². The normalized spacial score (nSPS) is 10.4. The topological polar surface area (TPSA) is 61.4 Å². The minimum absolute atomic E-state index is 0. The van der Waals surface area contributed by atoms with Crippen molar-refractivity contribution in [2.45, 2.75) is 32.6 Å². The molecule has 0 heterocycles.